The van der Waals surface area contributed by atoms with Gasteiger partial charge in [-0.1, -0.05) is 15.9 Å². The summed E-state index contributed by atoms with van der Waals surface area (Å²) in [6, 6.07) is 9.52. The number of rotatable bonds is 5. The zero-order chi connectivity index (χ0) is 11.8. The molecule has 1 amide bonds. The van der Waals surface area contributed by atoms with E-state index in [1.54, 1.807) is 0 Å². The number of carbonyl (C=O) groups is 1. The highest BCUT2D eigenvalue weighted by atomic mass is 79.9. The van der Waals surface area contributed by atoms with Crippen molar-refractivity contribution in [1.29, 1.82) is 5.26 Å². The number of nitrogens with one attached hydrogen (secondary N) is 2. The SMILES string of the molecule is N#CCCNC(=O)CNc1ccc(Br)cc1. The molecule has 0 aliphatic rings. The average molecular weight is 282 g/mol. The van der Waals surface area contributed by atoms with E-state index >= 15 is 0 Å². The largest absolute Gasteiger partial charge is 0.376 e. The second-order valence-electron chi connectivity index (χ2n) is 3.12. The second-order valence-corrected chi connectivity index (χ2v) is 4.03. The summed E-state index contributed by atoms with van der Waals surface area (Å²) in [5.74, 6) is -0.113. The van der Waals surface area contributed by atoms with Crippen LogP contribution in [0.15, 0.2) is 28.7 Å². The first-order valence-electron chi connectivity index (χ1n) is 4.85. The van der Waals surface area contributed by atoms with Crippen LogP contribution in [0, 0.1) is 11.3 Å². The van der Waals surface area contributed by atoms with Crippen LogP contribution in [0.4, 0.5) is 5.69 Å². The Kier molecular flexibility index (Phi) is 5.37. The maximum absolute atomic E-state index is 11.3. The quantitative estimate of drug-likeness (QED) is 0.810. The van der Waals surface area contributed by atoms with Crippen molar-refractivity contribution in [3.63, 3.8) is 0 Å². The molecule has 84 valence electrons. The minimum absolute atomic E-state index is 0.113. The van der Waals surface area contributed by atoms with Crippen molar-refractivity contribution in [2.45, 2.75) is 6.42 Å². The van der Waals surface area contributed by atoms with Gasteiger partial charge in [0.15, 0.2) is 0 Å². The van der Waals surface area contributed by atoms with Crippen LogP contribution >= 0.6 is 15.9 Å². The predicted octanol–water partition coefficient (Wildman–Crippen LogP) is 1.89. The molecule has 0 radical (unpaired) electrons. The molecule has 0 aromatic heterocycles. The molecule has 4 nitrogen and oxygen atoms in total. The van der Waals surface area contributed by atoms with Crippen molar-refractivity contribution in [3.05, 3.63) is 28.7 Å². The molecule has 0 fully saturated rings. The molecule has 0 spiro atoms. The molecule has 0 atom stereocenters. The third-order valence-corrected chi connectivity index (χ3v) is 2.38. The molecular formula is C11H12BrN3O. The molecule has 0 unspecified atom stereocenters. The smallest absolute Gasteiger partial charge is 0.239 e. The van der Waals surface area contributed by atoms with Crippen LogP contribution in [-0.4, -0.2) is 19.0 Å². The number of benzene rings is 1. The highest BCUT2D eigenvalue weighted by molar-refractivity contribution is 9.10. The first kappa shape index (κ1) is 12.5. The lowest BCUT2D eigenvalue weighted by Gasteiger charge is -2.06. The Bertz CT molecular complexity index is 383. The summed E-state index contributed by atoms with van der Waals surface area (Å²) in [6.07, 6.45) is 0.337. The molecule has 1 rings (SSSR count). The van der Waals surface area contributed by atoms with Crippen molar-refractivity contribution < 1.29 is 4.79 Å². The minimum Gasteiger partial charge on any atom is -0.376 e. The first-order valence-corrected chi connectivity index (χ1v) is 5.65. The van der Waals surface area contributed by atoms with Gasteiger partial charge >= 0.3 is 0 Å². The fourth-order valence-corrected chi connectivity index (χ4v) is 1.33. The molecule has 1 aromatic rings. The van der Waals surface area contributed by atoms with Gasteiger partial charge in [0.25, 0.3) is 0 Å². The minimum atomic E-state index is -0.113. The van der Waals surface area contributed by atoms with Crippen molar-refractivity contribution >= 4 is 27.5 Å². The molecule has 0 aliphatic heterocycles. The van der Waals surface area contributed by atoms with Crippen LogP contribution in [0.1, 0.15) is 6.42 Å². The number of halogens is 1. The predicted molar refractivity (Wildman–Crippen MR) is 65.9 cm³/mol. The highest BCUT2D eigenvalue weighted by Gasteiger charge is 1.99. The summed E-state index contributed by atoms with van der Waals surface area (Å²) in [5, 5.41) is 13.9. The lowest BCUT2D eigenvalue weighted by atomic mass is 10.3. The van der Waals surface area contributed by atoms with Gasteiger partial charge in [-0.25, -0.2) is 0 Å². The van der Waals surface area contributed by atoms with Gasteiger partial charge in [-0.15, -0.1) is 0 Å². The molecule has 2 N–H and O–H groups in total. The molecule has 0 heterocycles. The monoisotopic (exact) mass is 281 g/mol. The molecule has 1 aromatic carbocycles. The zero-order valence-corrected chi connectivity index (χ0v) is 10.3. The third kappa shape index (κ3) is 4.80. The lowest BCUT2D eigenvalue weighted by molar-refractivity contribution is -0.119. The van der Waals surface area contributed by atoms with Gasteiger partial charge in [0.05, 0.1) is 19.0 Å². The van der Waals surface area contributed by atoms with Crippen molar-refractivity contribution in [2.75, 3.05) is 18.4 Å². The fourth-order valence-electron chi connectivity index (χ4n) is 1.07. The van der Waals surface area contributed by atoms with Gasteiger partial charge in [-0.2, -0.15) is 5.26 Å². The lowest BCUT2D eigenvalue weighted by Crippen LogP contribution is -2.30. The molecular weight excluding hydrogens is 270 g/mol. The van der Waals surface area contributed by atoms with Gasteiger partial charge in [0, 0.05) is 16.7 Å². The van der Waals surface area contributed by atoms with Gasteiger partial charge in [0.2, 0.25) is 5.91 Å². The maximum Gasteiger partial charge on any atom is 0.239 e. The summed E-state index contributed by atoms with van der Waals surface area (Å²) in [5.41, 5.74) is 0.888. The second kappa shape index (κ2) is 6.85. The molecule has 16 heavy (non-hydrogen) atoms. The Morgan fingerprint density at radius 3 is 2.69 bits per heavy atom. The molecule has 0 saturated carbocycles. The third-order valence-electron chi connectivity index (χ3n) is 1.86. The maximum atomic E-state index is 11.3. The summed E-state index contributed by atoms with van der Waals surface area (Å²) in [4.78, 5) is 11.3. The van der Waals surface area contributed by atoms with Gasteiger partial charge < -0.3 is 10.6 Å². The molecule has 0 aliphatic carbocycles. The van der Waals surface area contributed by atoms with E-state index in [0.29, 0.717) is 13.0 Å². The fraction of sp³-hybridized carbons (Fsp3) is 0.273. The number of hydrogen-bond donors (Lipinski definition) is 2. The van der Waals surface area contributed by atoms with Gasteiger partial charge in [-0.3, -0.25) is 4.79 Å². The first-order chi connectivity index (χ1) is 7.72. The van der Waals surface area contributed by atoms with E-state index in [4.69, 9.17) is 5.26 Å². The Hall–Kier alpha value is -1.54. The summed E-state index contributed by atoms with van der Waals surface area (Å²) < 4.78 is 0.997. The molecule has 5 heteroatoms. The Balaban J connectivity index is 2.26. The van der Waals surface area contributed by atoms with E-state index in [-0.39, 0.29) is 12.5 Å². The van der Waals surface area contributed by atoms with E-state index in [0.717, 1.165) is 10.2 Å². The van der Waals surface area contributed by atoms with Gasteiger partial charge in [-0.05, 0) is 24.3 Å². The number of hydrogen-bond acceptors (Lipinski definition) is 3. The van der Waals surface area contributed by atoms with Crippen LogP contribution in [-0.2, 0) is 4.79 Å². The van der Waals surface area contributed by atoms with Crippen molar-refractivity contribution in [2.24, 2.45) is 0 Å². The summed E-state index contributed by atoms with van der Waals surface area (Å²) >= 11 is 3.33. The Morgan fingerprint density at radius 2 is 2.06 bits per heavy atom. The van der Waals surface area contributed by atoms with Crippen LogP contribution in [0.25, 0.3) is 0 Å². The van der Waals surface area contributed by atoms with E-state index in [9.17, 15) is 4.79 Å². The Morgan fingerprint density at radius 1 is 1.38 bits per heavy atom. The van der Waals surface area contributed by atoms with E-state index < -0.39 is 0 Å². The molecule has 0 saturated heterocycles. The van der Waals surface area contributed by atoms with E-state index in [1.165, 1.54) is 0 Å². The van der Waals surface area contributed by atoms with Crippen LogP contribution in [0.3, 0.4) is 0 Å². The normalized spacial score (nSPS) is 9.25. The van der Waals surface area contributed by atoms with E-state index in [1.807, 2.05) is 30.3 Å². The molecule has 0 bridgehead atoms. The number of amides is 1. The topological polar surface area (TPSA) is 64.9 Å². The van der Waals surface area contributed by atoms with Crippen LogP contribution < -0.4 is 10.6 Å². The van der Waals surface area contributed by atoms with Crippen LogP contribution in [0.5, 0.6) is 0 Å². The number of carbonyl (C=O) groups excluding carboxylic acids is 1. The highest BCUT2D eigenvalue weighted by Crippen LogP contribution is 2.13. The number of anilines is 1. The van der Waals surface area contributed by atoms with Gasteiger partial charge in [0.1, 0.15) is 0 Å². The number of nitriles is 1. The average Bonchev–Trinajstić information content (AvgIpc) is 2.29. The Labute approximate surface area is 103 Å². The zero-order valence-electron chi connectivity index (χ0n) is 8.66. The van der Waals surface area contributed by atoms with E-state index in [2.05, 4.69) is 26.6 Å². The van der Waals surface area contributed by atoms with Crippen molar-refractivity contribution in [3.8, 4) is 6.07 Å². The van der Waals surface area contributed by atoms with Crippen molar-refractivity contribution in [1.82, 2.24) is 5.32 Å². The summed E-state index contributed by atoms with van der Waals surface area (Å²) in [6.45, 7) is 0.615. The standard InChI is InChI=1S/C11H12BrN3O/c12-9-2-4-10(5-3-9)15-8-11(16)14-7-1-6-13/h2-5,15H,1,7-8H2,(H,14,16). The number of nitrogens with zero attached hydrogens (tertiary/aromatic N) is 1. The van der Waals surface area contributed by atoms with Crippen LogP contribution in [0.2, 0.25) is 0 Å². The summed E-state index contributed by atoms with van der Waals surface area (Å²) in [7, 11) is 0.